The standard InChI is InChI=1S/C14H12FN3.ClH/c1-16-14-17-12-8-7-10(15)9-13(12)18(14)11-5-3-2-4-6-11;/h2-9H,1H3,(H,16,17);1H. The number of aromatic nitrogens is 2. The zero-order valence-electron chi connectivity index (χ0n) is 10.3. The van der Waals surface area contributed by atoms with Gasteiger partial charge in [0.05, 0.1) is 11.0 Å². The van der Waals surface area contributed by atoms with Crippen LogP contribution in [0.1, 0.15) is 0 Å². The van der Waals surface area contributed by atoms with Gasteiger partial charge in [0.1, 0.15) is 5.82 Å². The van der Waals surface area contributed by atoms with Crippen LogP contribution in [0.2, 0.25) is 0 Å². The van der Waals surface area contributed by atoms with Crippen molar-refractivity contribution in [2.45, 2.75) is 0 Å². The van der Waals surface area contributed by atoms with Gasteiger partial charge in [-0.05, 0) is 24.3 Å². The van der Waals surface area contributed by atoms with Crippen LogP contribution >= 0.6 is 12.4 Å². The molecular weight excluding hydrogens is 265 g/mol. The predicted molar refractivity (Wildman–Crippen MR) is 77.8 cm³/mol. The molecule has 98 valence electrons. The minimum absolute atomic E-state index is 0. The molecule has 19 heavy (non-hydrogen) atoms. The molecule has 3 aromatic rings. The summed E-state index contributed by atoms with van der Waals surface area (Å²) in [5.41, 5.74) is 2.48. The van der Waals surface area contributed by atoms with Crippen LogP contribution in [-0.4, -0.2) is 16.6 Å². The molecule has 1 N–H and O–H groups in total. The average molecular weight is 278 g/mol. The second-order valence-electron chi connectivity index (χ2n) is 3.99. The van der Waals surface area contributed by atoms with E-state index in [4.69, 9.17) is 0 Å². The molecule has 0 atom stereocenters. The molecule has 0 saturated heterocycles. The number of hydrogen-bond donors (Lipinski definition) is 1. The van der Waals surface area contributed by atoms with Crippen LogP contribution in [-0.2, 0) is 0 Å². The van der Waals surface area contributed by atoms with Gasteiger partial charge in [-0.3, -0.25) is 4.57 Å². The first-order chi connectivity index (χ1) is 8.79. The number of hydrogen-bond acceptors (Lipinski definition) is 2. The number of imidazole rings is 1. The SMILES string of the molecule is CNc1nc2ccc(F)cc2n1-c1ccccc1.Cl. The Morgan fingerprint density at radius 1 is 1.11 bits per heavy atom. The maximum absolute atomic E-state index is 13.4. The summed E-state index contributed by atoms with van der Waals surface area (Å²) in [6.45, 7) is 0. The summed E-state index contributed by atoms with van der Waals surface area (Å²) < 4.78 is 15.3. The van der Waals surface area contributed by atoms with Crippen LogP contribution in [0.15, 0.2) is 48.5 Å². The fourth-order valence-electron chi connectivity index (χ4n) is 2.05. The highest BCUT2D eigenvalue weighted by molar-refractivity contribution is 5.85. The average Bonchev–Trinajstić information content (AvgIpc) is 2.77. The fourth-order valence-corrected chi connectivity index (χ4v) is 2.05. The molecule has 0 aliphatic carbocycles. The summed E-state index contributed by atoms with van der Waals surface area (Å²) in [4.78, 5) is 4.43. The number of para-hydroxylation sites is 1. The number of rotatable bonds is 2. The Morgan fingerprint density at radius 2 is 1.84 bits per heavy atom. The normalized spacial score (nSPS) is 10.2. The number of halogens is 2. The van der Waals surface area contributed by atoms with Gasteiger partial charge in [-0.1, -0.05) is 18.2 Å². The lowest BCUT2D eigenvalue weighted by atomic mass is 10.2. The van der Waals surface area contributed by atoms with Crippen LogP contribution in [0.4, 0.5) is 10.3 Å². The van der Waals surface area contributed by atoms with Gasteiger partial charge >= 0.3 is 0 Å². The van der Waals surface area contributed by atoms with Crippen molar-refractivity contribution in [2.75, 3.05) is 12.4 Å². The molecule has 3 rings (SSSR count). The molecule has 2 aromatic carbocycles. The molecule has 0 aliphatic rings. The Bertz CT molecular complexity index is 694. The Balaban J connectivity index is 0.00000133. The molecule has 3 nitrogen and oxygen atoms in total. The highest BCUT2D eigenvalue weighted by Gasteiger charge is 2.11. The van der Waals surface area contributed by atoms with Crippen molar-refractivity contribution in [3.05, 3.63) is 54.3 Å². The molecular formula is C14H13ClFN3. The topological polar surface area (TPSA) is 29.9 Å². The highest BCUT2D eigenvalue weighted by Crippen LogP contribution is 2.24. The van der Waals surface area contributed by atoms with Crippen molar-refractivity contribution in [1.29, 1.82) is 0 Å². The van der Waals surface area contributed by atoms with E-state index in [1.807, 2.05) is 34.9 Å². The second-order valence-corrected chi connectivity index (χ2v) is 3.99. The molecule has 0 bridgehead atoms. The molecule has 0 fully saturated rings. The molecule has 5 heteroatoms. The van der Waals surface area contributed by atoms with Gasteiger partial charge in [-0.15, -0.1) is 12.4 Å². The Kier molecular flexibility index (Phi) is 3.71. The number of anilines is 1. The molecule has 0 radical (unpaired) electrons. The second kappa shape index (κ2) is 5.28. The molecule has 0 amide bonds. The number of fused-ring (bicyclic) bond motifs is 1. The molecule has 0 saturated carbocycles. The van der Waals surface area contributed by atoms with Gasteiger partial charge in [-0.2, -0.15) is 0 Å². The Morgan fingerprint density at radius 3 is 2.53 bits per heavy atom. The first-order valence-corrected chi connectivity index (χ1v) is 5.71. The summed E-state index contributed by atoms with van der Waals surface area (Å²) in [6.07, 6.45) is 0. The predicted octanol–water partition coefficient (Wildman–Crippen LogP) is 3.63. The minimum atomic E-state index is -0.262. The third-order valence-electron chi connectivity index (χ3n) is 2.85. The van der Waals surface area contributed by atoms with E-state index in [9.17, 15) is 4.39 Å². The van der Waals surface area contributed by atoms with Crippen LogP contribution in [0.5, 0.6) is 0 Å². The van der Waals surface area contributed by atoms with Crippen molar-refractivity contribution in [3.63, 3.8) is 0 Å². The third-order valence-corrected chi connectivity index (χ3v) is 2.85. The maximum atomic E-state index is 13.4. The third kappa shape index (κ3) is 2.27. The van der Waals surface area contributed by atoms with Crippen LogP contribution in [0.3, 0.4) is 0 Å². The lowest BCUT2D eigenvalue weighted by molar-refractivity contribution is 0.629. The summed E-state index contributed by atoms with van der Waals surface area (Å²) >= 11 is 0. The van der Waals surface area contributed by atoms with Gasteiger partial charge in [0.25, 0.3) is 0 Å². The Hall–Kier alpha value is -2.07. The zero-order chi connectivity index (χ0) is 12.5. The van der Waals surface area contributed by atoms with Gasteiger partial charge in [-0.25, -0.2) is 9.37 Å². The largest absolute Gasteiger partial charge is 0.358 e. The van der Waals surface area contributed by atoms with E-state index in [-0.39, 0.29) is 18.2 Å². The van der Waals surface area contributed by atoms with Crippen molar-refractivity contribution in [1.82, 2.24) is 9.55 Å². The van der Waals surface area contributed by atoms with E-state index >= 15 is 0 Å². The van der Waals surface area contributed by atoms with Crippen LogP contribution < -0.4 is 5.32 Å². The lowest BCUT2D eigenvalue weighted by Crippen LogP contribution is -2.01. The fraction of sp³-hybridized carbons (Fsp3) is 0.0714. The molecule has 1 heterocycles. The van der Waals surface area contributed by atoms with E-state index in [0.29, 0.717) is 5.95 Å². The van der Waals surface area contributed by atoms with Crippen LogP contribution in [0.25, 0.3) is 16.7 Å². The van der Waals surface area contributed by atoms with Crippen LogP contribution in [0, 0.1) is 5.82 Å². The van der Waals surface area contributed by atoms with E-state index in [1.54, 1.807) is 13.1 Å². The van der Waals surface area contributed by atoms with Gasteiger partial charge in [0.2, 0.25) is 5.95 Å². The Labute approximate surface area is 116 Å². The van der Waals surface area contributed by atoms with E-state index in [1.165, 1.54) is 12.1 Å². The molecule has 0 unspecified atom stereocenters. The smallest absolute Gasteiger partial charge is 0.208 e. The minimum Gasteiger partial charge on any atom is -0.358 e. The summed E-state index contributed by atoms with van der Waals surface area (Å²) in [7, 11) is 1.80. The van der Waals surface area contributed by atoms with Gasteiger partial charge in [0.15, 0.2) is 0 Å². The lowest BCUT2D eigenvalue weighted by Gasteiger charge is -2.08. The summed E-state index contributed by atoms with van der Waals surface area (Å²) in [5.74, 6) is 0.434. The van der Waals surface area contributed by atoms with E-state index in [0.717, 1.165) is 16.7 Å². The van der Waals surface area contributed by atoms with Crippen molar-refractivity contribution in [3.8, 4) is 5.69 Å². The molecule has 0 spiro atoms. The van der Waals surface area contributed by atoms with Gasteiger partial charge in [0, 0.05) is 18.8 Å². The number of nitrogens with zero attached hydrogens (tertiary/aromatic N) is 2. The molecule has 1 aromatic heterocycles. The number of nitrogens with one attached hydrogen (secondary N) is 1. The quantitative estimate of drug-likeness (QED) is 0.775. The van der Waals surface area contributed by atoms with Gasteiger partial charge < -0.3 is 5.32 Å². The zero-order valence-corrected chi connectivity index (χ0v) is 11.1. The van der Waals surface area contributed by atoms with Crippen molar-refractivity contribution >= 4 is 29.4 Å². The van der Waals surface area contributed by atoms with Crippen molar-refractivity contribution in [2.24, 2.45) is 0 Å². The summed E-state index contributed by atoms with van der Waals surface area (Å²) in [5, 5.41) is 3.03. The monoisotopic (exact) mass is 277 g/mol. The molecule has 0 aliphatic heterocycles. The van der Waals surface area contributed by atoms with E-state index < -0.39 is 0 Å². The maximum Gasteiger partial charge on any atom is 0.208 e. The first-order valence-electron chi connectivity index (χ1n) is 5.71. The van der Waals surface area contributed by atoms with E-state index in [2.05, 4.69) is 10.3 Å². The first kappa shape index (κ1) is 13.4. The highest BCUT2D eigenvalue weighted by atomic mass is 35.5. The number of benzene rings is 2. The van der Waals surface area contributed by atoms with Crippen molar-refractivity contribution < 1.29 is 4.39 Å². The summed E-state index contributed by atoms with van der Waals surface area (Å²) in [6, 6.07) is 14.4.